The van der Waals surface area contributed by atoms with Crippen LogP contribution in [0.3, 0.4) is 0 Å². The highest BCUT2D eigenvalue weighted by atomic mass is 32.2. The minimum absolute atomic E-state index is 0.0441. The zero-order valence-electron chi connectivity index (χ0n) is 12.2. The van der Waals surface area contributed by atoms with Crippen LogP contribution in [0.15, 0.2) is 29.2 Å². The van der Waals surface area contributed by atoms with E-state index in [0.29, 0.717) is 6.42 Å². The molecule has 0 saturated heterocycles. The fourth-order valence-corrected chi connectivity index (χ4v) is 2.72. The van der Waals surface area contributed by atoms with Crippen LogP contribution in [0.2, 0.25) is 0 Å². The predicted molar refractivity (Wildman–Crippen MR) is 75.6 cm³/mol. The second-order valence-corrected chi connectivity index (χ2v) is 7.78. The van der Waals surface area contributed by atoms with Crippen molar-refractivity contribution in [3.8, 4) is 0 Å². The topological polar surface area (TPSA) is 46.2 Å². The van der Waals surface area contributed by atoms with Crippen LogP contribution in [-0.2, 0) is 16.3 Å². The molecule has 1 atom stereocenters. The van der Waals surface area contributed by atoms with Gasteiger partial charge in [-0.25, -0.2) is 8.42 Å². The van der Waals surface area contributed by atoms with Gasteiger partial charge in [0.2, 0.25) is 9.84 Å². The Bertz CT molecular complexity index is 533. The molecule has 3 nitrogen and oxygen atoms in total. The Morgan fingerprint density at radius 3 is 2.00 bits per heavy atom. The van der Waals surface area contributed by atoms with Gasteiger partial charge in [-0.2, -0.15) is 8.78 Å². The van der Waals surface area contributed by atoms with Gasteiger partial charge in [-0.1, -0.05) is 32.9 Å². The summed E-state index contributed by atoms with van der Waals surface area (Å²) >= 11 is 0. The Hall–Kier alpha value is -1.01. The molecule has 0 saturated carbocycles. The number of sulfone groups is 1. The number of rotatable bonds is 5. The number of nitrogens with one attached hydrogen (secondary N) is 1. The Labute approximate surface area is 119 Å². The van der Waals surface area contributed by atoms with Gasteiger partial charge in [0.25, 0.3) is 0 Å². The van der Waals surface area contributed by atoms with Gasteiger partial charge >= 0.3 is 5.76 Å². The average molecular weight is 305 g/mol. The van der Waals surface area contributed by atoms with Crippen LogP contribution in [0, 0.1) is 5.41 Å². The van der Waals surface area contributed by atoms with Crippen molar-refractivity contribution >= 4 is 9.84 Å². The zero-order chi connectivity index (χ0) is 15.6. The van der Waals surface area contributed by atoms with Crippen LogP contribution in [0.25, 0.3) is 0 Å². The van der Waals surface area contributed by atoms with Crippen molar-refractivity contribution in [3.63, 3.8) is 0 Å². The van der Waals surface area contributed by atoms with Crippen LogP contribution < -0.4 is 5.32 Å². The number of likely N-dealkylation sites (N-methyl/N-ethyl adjacent to an activating group) is 1. The molecule has 114 valence electrons. The van der Waals surface area contributed by atoms with E-state index in [0.717, 1.165) is 5.56 Å². The molecular formula is C14H21F2NO2S. The normalized spacial score (nSPS) is 14.6. The van der Waals surface area contributed by atoms with E-state index in [2.05, 4.69) is 26.1 Å². The Balaban J connectivity index is 2.93. The lowest BCUT2D eigenvalue weighted by Gasteiger charge is -2.30. The van der Waals surface area contributed by atoms with Gasteiger partial charge in [0.05, 0.1) is 4.90 Å². The van der Waals surface area contributed by atoms with Crippen molar-refractivity contribution in [2.45, 2.75) is 43.9 Å². The minimum Gasteiger partial charge on any atom is -0.316 e. The third-order valence-electron chi connectivity index (χ3n) is 3.32. The van der Waals surface area contributed by atoms with Crippen LogP contribution in [0.4, 0.5) is 8.78 Å². The summed E-state index contributed by atoms with van der Waals surface area (Å²) in [6.07, 6.45) is 0.703. The summed E-state index contributed by atoms with van der Waals surface area (Å²) in [6.45, 7) is 6.30. The second kappa shape index (κ2) is 6.18. The molecule has 0 aliphatic rings. The summed E-state index contributed by atoms with van der Waals surface area (Å²) in [7, 11) is -2.64. The number of benzene rings is 1. The molecule has 1 unspecified atom stereocenters. The maximum Gasteiger partial charge on any atom is 0.341 e. The first-order valence-electron chi connectivity index (χ1n) is 6.37. The minimum atomic E-state index is -4.51. The third kappa shape index (κ3) is 3.99. The molecule has 0 heterocycles. The largest absolute Gasteiger partial charge is 0.341 e. The Morgan fingerprint density at radius 1 is 1.15 bits per heavy atom. The summed E-state index contributed by atoms with van der Waals surface area (Å²) in [5, 5.41) is 3.22. The number of hydrogen-bond donors (Lipinski definition) is 1. The molecule has 0 aromatic heterocycles. The van der Waals surface area contributed by atoms with E-state index < -0.39 is 15.6 Å². The first kappa shape index (κ1) is 17.0. The molecule has 0 spiro atoms. The molecule has 1 N–H and O–H groups in total. The molecule has 0 bridgehead atoms. The lowest BCUT2D eigenvalue weighted by molar-refractivity contribution is 0.234. The summed E-state index contributed by atoms with van der Waals surface area (Å²) in [6, 6.07) is 5.87. The van der Waals surface area contributed by atoms with E-state index in [1.165, 1.54) is 12.1 Å². The fraction of sp³-hybridized carbons (Fsp3) is 0.571. The molecule has 6 heteroatoms. The van der Waals surface area contributed by atoms with E-state index in [-0.39, 0.29) is 16.4 Å². The average Bonchev–Trinajstić information content (AvgIpc) is 2.34. The van der Waals surface area contributed by atoms with Crippen LogP contribution in [-0.4, -0.2) is 27.3 Å². The summed E-state index contributed by atoms with van der Waals surface area (Å²) in [4.78, 5) is -0.340. The Kier molecular flexibility index (Phi) is 5.27. The lowest BCUT2D eigenvalue weighted by Crippen LogP contribution is -2.39. The predicted octanol–water partition coefficient (Wildman–Crippen LogP) is 2.86. The van der Waals surface area contributed by atoms with Crippen molar-refractivity contribution in [1.82, 2.24) is 5.32 Å². The molecule has 1 aromatic rings. The molecular weight excluding hydrogens is 284 g/mol. The van der Waals surface area contributed by atoms with E-state index in [9.17, 15) is 17.2 Å². The molecule has 1 rings (SSSR count). The molecule has 20 heavy (non-hydrogen) atoms. The summed E-state index contributed by atoms with van der Waals surface area (Å²) in [5.41, 5.74) is 0.954. The van der Waals surface area contributed by atoms with Crippen LogP contribution in [0.1, 0.15) is 26.3 Å². The van der Waals surface area contributed by atoms with Crippen LogP contribution >= 0.6 is 0 Å². The van der Waals surface area contributed by atoms with Gasteiger partial charge in [0.15, 0.2) is 0 Å². The van der Waals surface area contributed by atoms with Gasteiger partial charge in [-0.15, -0.1) is 0 Å². The van der Waals surface area contributed by atoms with Gasteiger partial charge in [-0.05, 0) is 36.6 Å². The maximum atomic E-state index is 12.4. The van der Waals surface area contributed by atoms with Gasteiger partial charge in [0, 0.05) is 6.04 Å². The zero-order valence-corrected chi connectivity index (χ0v) is 13.0. The molecule has 1 aromatic carbocycles. The highest BCUT2D eigenvalue weighted by Gasteiger charge is 2.27. The monoisotopic (exact) mass is 305 g/mol. The summed E-state index contributed by atoms with van der Waals surface area (Å²) in [5.74, 6) is -3.38. The fourth-order valence-electron chi connectivity index (χ4n) is 2.00. The highest BCUT2D eigenvalue weighted by molar-refractivity contribution is 7.91. The molecule has 0 amide bonds. The van der Waals surface area contributed by atoms with Gasteiger partial charge in [-0.3, -0.25) is 0 Å². The first-order valence-corrected chi connectivity index (χ1v) is 7.92. The van der Waals surface area contributed by atoms with Crippen molar-refractivity contribution in [3.05, 3.63) is 29.8 Å². The molecule has 0 aliphatic carbocycles. The number of halogens is 2. The third-order valence-corrected chi connectivity index (χ3v) is 4.72. The second-order valence-electron chi connectivity index (χ2n) is 5.86. The summed E-state index contributed by atoms with van der Waals surface area (Å²) < 4.78 is 47.5. The maximum absolute atomic E-state index is 12.4. The SMILES string of the molecule is CNC(Cc1ccc(S(=O)(=O)C(F)F)cc1)C(C)(C)C. The van der Waals surface area contributed by atoms with E-state index in [1.54, 1.807) is 12.1 Å². The molecule has 0 fully saturated rings. The van der Waals surface area contributed by atoms with Crippen molar-refractivity contribution in [1.29, 1.82) is 0 Å². The van der Waals surface area contributed by atoms with Crippen LogP contribution in [0.5, 0.6) is 0 Å². The quantitative estimate of drug-likeness (QED) is 0.910. The van der Waals surface area contributed by atoms with E-state index in [4.69, 9.17) is 0 Å². The van der Waals surface area contributed by atoms with Crippen molar-refractivity contribution in [2.24, 2.45) is 5.41 Å². The molecule has 0 radical (unpaired) electrons. The van der Waals surface area contributed by atoms with Gasteiger partial charge in [0.1, 0.15) is 0 Å². The first-order chi connectivity index (χ1) is 9.09. The molecule has 0 aliphatic heterocycles. The van der Waals surface area contributed by atoms with Crippen molar-refractivity contribution < 1.29 is 17.2 Å². The smallest absolute Gasteiger partial charge is 0.316 e. The van der Waals surface area contributed by atoms with Gasteiger partial charge < -0.3 is 5.32 Å². The van der Waals surface area contributed by atoms with E-state index in [1.807, 2.05) is 7.05 Å². The van der Waals surface area contributed by atoms with E-state index >= 15 is 0 Å². The highest BCUT2D eigenvalue weighted by Crippen LogP contribution is 2.24. The number of alkyl halides is 2. The Morgan fingerprint density at radius 2 is 1.65 bits per heavy atom. The number of hydrogen-bond acceptors (Lipinski definition) is 3. The standard InChI is InChI=1S/C14H21F2NO2S/c1-14(2,3)12(17-4)9-10-5-7-11(8-6-10)20(18,19)13(15)16/h5-8,12-13,17H,9H2,1-4H3. The van der Waals surface area contributed by atoms with Crippen molar-refractivity contribution in [2.75, 3.05) is 7.05 Å². The lowest BCUT2D eigenvalue weighted by atomic mass is 9.83.